The van der Waals surface area contributed by atoms with E-state index in [1.165, 1.54) is 0 Å². The molecule has 1 amide bonds. The lowest BCUT2D eigenvalue weighted by molar-refractivity contribution is -0.122. The molecule has 0 saturated carbocycles. The van der Waals surface area contributed by atoms with E-state index in [1.807, 2.05) is 26.0 Å². The number of rotatable bonds is 7. The Morgan fingerprint density at radius 2 is 2.16 bits per heavy atom. The standard InChI is InChI=1S/C14H22N2O3/c1-10(2)16-14(17)6-7-19-13-5-4-12(18-3)8-11(13)9-15/h4-5,8,10H,6-7,9,15H2,1-3H3,(H,16,17). The molecule has 0 radical (unpaired) electrons. The minimum Gasteiger partial charge on any atom is -0.497 e. The molecule has 3 N–H and O–H groups in total. The molecule has 0 spiro atoms. The third-order valence-corrected chi connectivity index (χ3v) is 2.52. The molecule has 19 heavy (non-hydrogen) atoms. The van der Waals surface area contributed by atoms with Crippen molar-refractivity contribution in [3.63, 3.8) is 0 Å². The Kier molecular flexibility index (Phi) is 6.15. The first-order valence-electron chi connectivity index (χ1n) is 6.36. The number of carbonyl (C=O) groups excluding carboxylic acids is 1. The van der Waals surface area contributed by atoms with Gasteiger partial charge in [-0.2, -0.15) is 0 Å². The third-order valence-electron chi connectivity index (χ3n) is 2.52. The van der Waals surface area contributed by atoms with E-state index in [2.05, 4.69) is 5.32 Å². The van der Waals surface area contributed by atoms with Gasteiger partial charge in [0.25, 0.3) is 0 Å². The second-order valence-electron chi connectivity index (χ2n) is 4.50. The van der Waals surface area contributed by atoms with Crippen molar-refractivity contribution in [1.82, 2.24) is 5.32 Å². The fraction of sp³-hybridized carbons (Fsp3) is 0.500. The van der Waals surface area contributed by atoms with Crippen LogP contribution in [-0.4, -0.2) is 25.7 Å². The van der Waals surface area contributed by atoms with Crippen molar-refractivity contribution in [1.29, 1.82) is 0 Å². The van der Waals surface area contributed by atoms with Crippen LogP contribution in [0.25, 0.3) is 0 Å². The Morgan fingerprint density at radius 3 is 2.74 bits per heavy atom. The molecule has 0 aliphatic heterocycles. The molecule has 106 valence electrons. The van der Waals surface area contributed by atoms with Crippen molar-refractivity contribution >= 4 is 5.91 Å². The molecule has 0 saturated heterocycles. The summed E-state index contributed by atoms with van der Waals surface area (Å²) in [7, 11) is 1.60. The van der Waals surface area contributed by atoms with Crippen LogP contribution in [0.1, 0.15) is 25.8 Å². The van der Waals surface area contributed by atoms with Crippen LogP contribution in [0, 0.1) is 0 Å². The third kappa shape index (κ3) is 5.18. The maximum Gasteiger partial charge on any atom is 0.223 e. The summed E-state index contributed by atoms with van der Waals surface area (Å²) in [6.45, 7) is 4.55. The summed E-state index contributed by atoms with van der Waals surface area (Å²) in [5.41, 5.74) is 6.52. The molecular formula is C14H22N2O3. The molecule has 0 unspecified atom stereocenters. The second-order valence-corrected chi connectivity index (χ2v) is 4.50. The molecule has 0 aliphatic rings. The summed E-state index contributed by atoms with van der Waals surface area (Å²) in [4.78, 5) is 11.5. The van der Waals surface area contributed by atoms with Gasteiger partial charge in [-0.15, -0.1) is 0 Å². The monoisotopic (exact) mass is 266 g/mol. The normalized spacial score (nSPS) is 10.4. The van der Waals surface area contributed by atoms with E-state index in [0.29, 0.717) is 25.3 Å². The number of methoxy groups -OCH3 is 1. The van der Waals surface area contributed by atoms with Gasteiger partial charge in [-0.3, -0.25) is 4.79 Å². The highest BCUT2D eigenvalue weighted by Gasteiger charge is 2.07. The van der Waals surface area contributed by atoms with Crippen molar-refractivity contribution in [2.45, 2.75) is 32.9 Å². The summed E-state index contributed by atoms with van der Waals surface area (Å²) in [6, 6.07) is 5.60. The van der Waals surface area contributed by atoms with Gasteiger partial charge < -0.3 is 20.5 Å². The van der Waals surface area contributed by atoms with E-state index < -0.39 is 0 Å². The molecule has 1 rings (SSSR count). The smallest absolute Gasteiger partial charge is 0.223 e. The minimum absolute atomic E-state index is 0.0159. The van der Waals surface area contributed by atoms with Crippen molar-refractivity contribution < 1.29 is 14.3 Å². The number of benzene rings is 1. The first-order valence-corrected chi connectivity index (χ1v) is 6.36. The summed E-state index contributed by atoms with van der Waals surface area (Å²) < 4.78 is 10.7. The molecule has 5 nitrogen and oxygen atoms in total. The van der Waals surface area contributed by atoms with Crippen LogP contribution in [0.5, 0.6) is 11.5 Å². The highest BCUT2D eigenvalue weighted by molar-refractivity contribution is 5.76. The Hall–Kier alpha value is -1.75. The highest BCUT2D eigenvalue weighted by Crippen LogP contribution is 2.23. The van der Waals surface area contributed by atoms with Crippen molar-refractivity contribution in [2.75, 3.05) is 13.7 Å². The van der Waals surface area contributed by atoms with Gasteiger partial charge in [0.2, 0.25) is 5.91 Å². The van der Waals surface area contributed by atoms with E-state index in [9.17, 15) is 4.79 Å². The maximum atomic E-state index is 11.5. The van der Waals surface area contributed by atoms with Crippen LogP contribution in [0.3, 0.4) is 0 Å². The highest BCUT2D eigenvalue weighted by atomic mass is 16.5. The first kappa shape index (κ1) is 15.3. The lowest BCUT2D eigenvalue weighted by atomic mass is 10.2. The average Bonchev–Trinajstić information content (AvgIpc) is 2.38. The minimum atomic E-state index is -0.0159. The summed E-state index contributed by atoms with van der Waals surface area (Å²) in [5, 5.41) is 2.81. The predicted molar refractivity (Wildman–Crippen MR) is 74.3 cm³/mol. The molecule has 0 bridgehead atoms. The van der Waals surface area contributed by atoms with Gasteiger partial charge in [0.15, 0.2) is 0 Å². The second kappa shape index (κ2) is 7.63. The van der Waals surface area contributed by atoms with Crippen molar-refractivity contribution in [3.05, 3.63) is 23.8 Å². The Bertz CT molecular complexity index is 419. The summed E-state index contributed by atoms with van der Waals surface area (Å²) in [5.74, 6) is 1.42. The lowest BCUT2D eigenvalue weighted by Gasteiger charge is -2.12. The van der Waals surface area contributed by atoms with Gasteiger partial charge in [-0.05, 0) is 32.0 Å². The average molecular weight is 266 g/mol. The van der Waals surface area contributed by atoms with Gasteiger partial charge in [0.05, 0.1) is 20.1 Å². The molecule has 0 aliphatic carbocycles. The summed E-state index contributed by atoms with van der Waals surface area (Å²) >= 11 is 0. The number of hydrogen-bond acceptors (Lipinski definition) is 4. The molecule has 0 aromatic heterocycles. The number of ether oxygens (including phenoxy) is 2. The van der Waals surface area contributed by atoms with E-state index in [4.69, 9.17) is 15.2 Å². The SMILES string of the molecule is COc1ccc(OCCC(=O)NC(C)C)c(CN)c1. The van der Waals surface area contributed by atoms with E-state index in [-0.39, 0.29) is 11.9 Å². The topological polar surface area (TPSA) is 73.6 Å². The van der Waals surface area contributed by atoms with Gasteiger partial charge in [0.1, 0.15) is 11.5 Å². The zero-order chi connectivity index (χ0) is 14.3. The largest absolute Gasteiger partial charge is 0.497 e. The fourth-order valence-corrected chi connectivity index (χ4v) is 1.63. The maximum absolute atomic E-state index is 11.5. The van der Waals surface area contributed by atoms with E-state index >= 15 is 0 Å². The Balaban J connectivity index is 2.51. The molecule has 5 heteroatoms. The number of nitrogens with two attached hydrogens (primary N) is 1. The van der Waals surface area contributed by atoms with Crippen LogP contribution >= 0.6 is 0 Å². The van der Waals surface area contributed by atoms with E-state index in [0.717, 1.165) is 11.3 Å². The molecule has 0 heterocycles. The van der Waals surface area contributed by atoms with Gasteiger partial charge in [-0.25, -0.2) is 0 Å². The molecular weight excluding hydrogens is 244 g/mol. The fourth-order valence-electron chi connectivity index (χ4n) is 1.63. The van der Waals surface area contributed by atoms with Gasteiger partial charge in [-0.1, -0.05) is 0 Å². The summed E-state index contributed by atoms with van der Waals surface area (Å²) in [6.07, 6.45) is 0.328. The predicted octanol–water partition coefficient (Wildman–Crippen LogP) is 1.45. The van der Waals surface area contributed by atoms with Crippen LogP contribution < -0.4 is 20.5 Å². The van der Waals surface area contributed by atoms with E-state index in [1.54, 1.807) is 13.2 Å². The Labute approximate surface area is 114 Å². The zero-order valence-corrected chi connectivity index (χ0v) is 11.7. The molecule has 1 aromatic carbocycles. The first-order chi connectivity index (χ1) is 9.06. The number of nitrogens with one attached hydrogen (secondary N) is 1. The molecule has 0 fully saturated rings. The van der Waals surface area contributed by atoms with Crippen LogP contribution in [-0.2, 0) is 11.3 Å². The zero-order valence-electron chi connectivity index (χ0n) is 11.7. The molecule has 1 aromatic rings. The van der Waals surface area contributed by atoms with Crippen LogP contribution in [0.15, 0.2) is 18.2 Å². The number of amides is 1. The lowest BCUT2D eigenvalue weighted by Crippen LogP contribution is -2.31. The number of carbonyl (C=O) groups is 1. The van der Waals surface area contributed by atoms with Crippen molar-refractivity contribution in [3.8, 4) is 11.5 Å². The molecule has 0 atom stereocenters. The van der Waals surface area contributed by atoms with Gasteiger partial charge in [0, 0.05) is 18.2 Å². The quantitative estimate of drug-likeness (QED) is 0.783. The van der Waals surface area contributed by atoms with Crippen LogP contribution in [0.2, 0.25) is 0 Å². The van der Waals surface area contributed by atoms with Gasteiger partial charge >= 0.3 is 0 Å². The van der Waals surface area contributed by atoms with Crippen LogP contribution in [0.4, 0.5) is 0 Å². The number of hydrogen-bond donors (Lipinski definition) is 2. The van der Waals surface area contributed by atoms with Crippen molar-refractivity contribution in [2.24, 2.45) is 5.73 Å². The Morgan fingerprint density at radius 1 is 1.42 bits per heavy atom.